The molecule has 9 heteroatoms. The molecular weight excluding hydrogens is 564 g/mol. The van der Waals surface area contributed by atoms with E-state index in [2.05, 4.69) is 0 Å². The van der Waals surface area contributed by atoms with Crippen LogP contribution < -0.4 is 0 Å². The molecule has 0 heterocycles. The standard InChI is InChI=1S/C15H6F6I2O/c16-14(17,18)11-3-1-7(22)5-9(11)13(24)10-6-8(23)2-4-12(10)15(19,20)21/h1-6H. The molecule has 0 aromatic heterocycles. The average Bonchev–Trinajstić information content (AvgIpc) is 2.43. The normalized spacial score (nSPS) is 12.3. The van der Waals surface area contributed by atoms with Gasteiger partial charge in [0.1, 0.15) is 0 Å². The molecule has 0 aliphatic carbocycles. The Hall–Kier alpha value is -0.850. The van der Waals surface area contributed by atoms with E-state index < -0.39 is 40.4 Å². The SMILES string of the molecule is O=C(c1cc(I)ccc1C(F)(F)F)c1cc(I)ccc1C(F)(F)F. The Morgan fingerprint density at radius 1 is 0.708 bits per heavy atom. The lowest BCUT2D eigenvalue weighted by Gasteiger charge is -2.16. The van der Waals surface area contributed by atoms with E-state index in [1.54, 1.807) is 45.2 Å². The van der Waals surface area contributed by atoms with Gasteiger partial charge in [-0.15, -0.1) is 0 Å². The highest BCUT2D eigenvalue weighted by molar-refractivity contribution is 14.1. The first-order chi connectivity index (χ1) is 10.9. The monoisotopic (exact) mass is 570 g/mol. The van der Waals surface area contributed by atoms with Gasteiger partial charge in [0, 0.05) is 18.3 Å². The van der Waals surface area contributed by atoms with Crippen LogP contribution in [0.1, 0.15) is 27.0 Å². The number of rotatable bonds is 2. The summed E-state index contributed by atoms with van der Waals surface area (Å²) in [6, 6.07) is 5.53. The number of halogens is 8. The van der Waals surface area contributed by atoms with Crippen molar-refractivity contribution in [2.24, 2.45) is 0 Å². The topological polar surface area (TPSA) is 17.1 Å². The minimum absolute atomic E-state index is 0.308. The number of alkyl halides is 6. The Kier molecular flexibility index (Phi) is 5.52. The Bertz CT molecular complexity index is 730. The van der Waals surface area contributed by atoms with Crippen LogP contribution in [0.4, 0.5) is 26.3 Å². The molecule has 0 unspecified atom stereocenters. The molecule has 2 rings (SSSR count). The first kappa shape index (κ1) is 19.5. The summed E-state index contributed by atoms with van der Waals surface area (Å²) < 4.78 is 79.2. The maximum absolute atomic E-state index is 13.1. The van der Waals surface area contributed by atoms with Crippen LogP contribution in [0.25, 0.3) is 0 Å². The first-order valence-electron chi connectivity index (χ1n) is 6.19. The minimum atomic E-state index is -4.85. The van der Waals surface area contributed by atoms with E-state index in [-0.39, 0.29) is 0 Å². The summed E-state index contributed by atoms with van der Waals surface area (Å²) in [7, 11) is 0. The Balaban J connectivity index is 2.71. The van der Waals surface area contributed by atoms with Crippen LogP contribution >= 0.6 is 45.2 Å². The van der Waals surface area contributed by atoms with E-state index in [9.17, 15) is 31.1 Å². The summed E-state index contributed by atoms with van der Waals surface area (Å²) in [5.41, 5.74) is -4.14. The highest BCUT2D eigenvalue weighted by Gasteiger charge is 2.39. The fourth-order valence-corrected chi connectivity index (χ4v) is 3.03. The van der Waals surface area contributed by atoms with Gasteiger partial charge in [-0.1, -0.05) is 0 Å². The molecular formula is C15H6F6I2O. The van der Waals surface area contributed by atoms with Crippen LogP contribution in [0.5, 0.6) is 0 Å². The van der Waals surface area contributed by atoms with Crippen molar-refractivity contribution in [3.8, 4) is 0 Å². The molecule has 0 fully saturated rings. The predicted molar refractivity (Wildman–Crippen MR) is 91.8 cm³/mol. The second-order valence-corrected chi connectivity index (χ2v) is 7.20. The van der Waals surface area contributed by atoms with Crippen molar-refractivity contribution in [1.29, 1.82) is 0 Å². The quantitative estimate of drug-likeness (QED) is 0.240. The molecule has 0 spiro atoms. The molecule has 0 N–H and O–H groups in total. The van der Waals surface area contributed by atoms with Crippen molar-refractivity contribution >= 4 is 51.0 Å². The Morgan fingerprint density at radius 2 is 1.04 bits per heavy atom. The van der Waals surface area contributed by atoms with E-state index in [4.69, 9.17) is 0 Å². The van der Waals surface area contributed by atoms with Gasteiger partial charge in [0.05, 0.1) is 11.1 Å². The van der Waals surface area contributed by atoms with Crippen molar-refractivity contribution in [2.45, 2.75) is 12.4 Å². The summed E-state index contributed by atoms with van der Waals surface area (Å²) in [5.74, 6) is -1.31. The van der Waals surface area contributed by atoms with Crippen LogP contribution in [-0.2, 0) is 12.4 Å². The maximum atomic E-state index is 13.1. The van der Waals surface area contributed by atoms with Crippen LogP contribution in [-0.4, -0.2) is 5.78 Å². The second kappa shape index (κ2) is 6.81. The van der Waals surface area contributed by atoms with Crippen molar-refractivity contribution in [3.63, 3.8) is 0 Å². The van der Waals surface area contributed by atoms with Gasteiger partial charge >= 0.3 is 12.4 Å². The molecule has 1 nitrogen and oxygen atoms in total. The van der Waals surface area contributed by atoms with Gasteiger partial charge in [0.15, 0.2) is 5.78 Å². The number of carbonyl (C=O) groups is 1. The number of hydrogen-bond acceptors (Lipinski definition) is 1. The van der Waals surface area contributed by atoms with E-state index in [1.165, 1.54) is 0 Å². The van der Waals surface area contributed by atoms with E-state index >= 15 is 0 Å². The molecule has 0 aliphatic rings. The van der Waals surface area contributed by atoms with Crippen LogP contribution in [0.3, 0.4) is 0 Å². The number of benzene rings is 2. The van der Waals surface area contributed by atoms with Gasteiger partial charge in [-0.2, -0.15) is 26.3 Å². The molecule has 24 heavy (non-hydrogen) atoms. The third-order valence-corrected chi connectivity index (χ3v) is 4.41. The molecule has 0 aliphatic heterocycles. The van der Waals surface area contributed by atoms with Crippen LogP contribution in [0.15, 0.2) is 36.4 Å². The average molecular weight is 570 g/mol. The summed E-state index contributed by atoms with van der Waals surface area (Å²) in [6.45, 7) is 0. The number of hydrogen-bond donors (Lipinski definition) is 0. The zero-order chi connectivity index (χ0) is 18.3. The lowest BCUT2D eigenvalue weighted by Crippen LogP contribution is -2.18. The first-order valence-corrected chi connectivity index (χ1v) is 8.35. The van der Waals surface area contributed by atoms with Gasteiger partial charge < -0.3 is 0 Å². The molecule has 0 bridgehead atoms. The van der Waals surface area contributed by atoms with Gasteiger partial charge in [-0.3, -0.25) is 4.79 Å². The van der Waals surface area contributed by atoms with Gasteiger partial charge in [-0.05, 0) is 81.6 Å². The molecule has 0 saturated carbocycles. The number of ketones is 1. The molecule has 0 amide bonds. The highest BCUT2D eigenvalue weighted by atomic mass is 127. The summed E-state index contributed by atoms with van der Waals surface area (Å²) in [6.07, 6.45) is -9.70. The Morgan fingerprint density at radius 3 is 1.33 bits per heavy atom. The van der Waals surface area contributed by atoms with Crippen molar-refractivity contribution in [3.05, 3.63) is 65.8 Å². The fourth-order valence-electron chi connectivity index (χ4n) is 2.05. The van der Waals surface area contributed by atoms with Crippen LogP contribution in [0.2, 0.25) is 0 Å². The van der Waals surface area contributed by atoms with E-state index in [0.29, 0.717) is 19.3 Å². The van der Waals surface area contributed by atoms with Crippen molar-refractivity contribution < 1.29 is 31.1 Å². The lowest BCUT2D eigenvalue weighted by molar-refractivity contribution is -0.138. The molecule has 2 aromatic rings. The van der Waals surface area contributed by atoms with Crippen LogP contribution in [0, 0.1) is 7.14 Å². The summed E-state index contributed by atoms with van der Waals surface area (Å²) in [5, 5.41) is 0. The number of carbonyl (C=O) groups excluding carboxylic acids is 1. The van der Waals surface area contributed by atoms with E-state index in [1.807, 2.05) is 0 Å². The summed E-state index contributed by atoms with van der Waals surface area (Å²) >= 11 is 3.38. The van der Waals surface area contributed by atoms with Crippen molar-refractivity contribution in [1.82, 2.24) is 0 Å². The molecule has 0 radical (unpaired) electrons. The second-order valence-electron chi connectivity index (χ2n) is 4.70. The third-order valence-electron chi connectivity index (χ3n) is 3.06. The fraction of sp³-hybridized carbons (Fsp3) is 0.133. The Labute approximate surface area is 159 Å². The van der Waals surface area contributed by atoms with Gasteiger partial charge in [0.25, 0.3) is 0 Å². The molecule has 128 valence electrons. The van der Waals surface area contributed by atoms with Gasteiger partial charge in [0.2, 0.25) is 0 Å². The highest BCUT2D eigenvalue weighted by Crippen LogP contribution is 2.37. The van der Waals surface area contributed by atoms with E-state index in [0.717, 1.165) is 24.3 Å². The third kappa shape index (κ3) is 4.21. The predicted octanol–water partition coefficient (Wildman–Crippen LogP) is 6.16. The maximum Gasteiger partial charge on any atom is 0.417 e. The molecule has 0 atom stereocenters. The summed E-state index contributed by atoms with van der Waals surface area (Å²) in [4.78, 5) is 12.5. The molecule has 0 saturated heterocycles. The lowest BCUT2D eigenvalue weighted by atomic mass is 9.94. The zero-order valence-corrected chi connectivity index (χ0v) is 15.7. The zero-order valence-electron chi connectivity index (χ0n) is 11.4. The largest absolute Gasteiger partial charge is 0.417 e. The van der Waals surface area contributed by atoms with Crippen molar-refractivity contribution in [2.75, 3.05) is 0 Å². The van der Waals surface area contributed by atoms with Gasteiger partial charge in [-0.25, -0.2) is 0 Å². The smallest absolute Gasteiger partial charge is 0.289 e. The minimum Gasteiger partial charge on any atom is -0.289 e. The molecule has 2 aromatic carbocycles.